The quantitative estimate of drug-likeness (QED) is 0.161. The predicted octanol–water partition coefficient (Wildman–Crippen LogP) is -2.13. The molecule has 0 aliphatic heterocycles. The molecule has 0 spiro atoms. The van der Waals surface area contributed by atoms with Gasteiger partial charge in [0.15, 0.2) is 0 Å². The van der Waals surface area contributed by atoms with E-state index in [1.54, 1.807) is 0 Å². The average Bonchev–Trinajstić information content (AvgIpc) is 2.65. The molecule has 4 amide bonds. The second kappa shape index (κ2) is 14.9. The number of nitrogens with two attached hydrogens (primary N) is 2. The van der Waals surface area contributed by atoms with Gasteiger partial charge < -0.3 is 32.5 Å². The number of thioether (sulfide) groups is 2. The summed E-state index contributed by atoms with van der Waals surface area (Å²) in [6.45, 7) is -0.444. The smallest absolute Gasteiger partial charge is 0.326 e. The van der Waals surface area contributed by atoms with Crippen LogP contribution in [0.25, 0.3) is 0 Å². The molecule has 11 nitrogen and oxygen atoms in total. The van der Waals surface area contributed by atoms with E-state index < -0.39 is 54.3 Å². The maximum atomic E-state index is 12.4. The number of carboxylic acids is 1. The van der Waals surface area contributed by atoms with E-state index >= 15 is 0 Å². The molecule has 8 N–H and O–H groups in total. The second-order valence-electron chi connectivity index (χ2n) is 6.08. The van der Waals surface area contributed by atoms with Crippen molar-refractivity contribution >= 4 is 53.1 Å². The first kappa shape index (κ1) is 27.0. The van der Waals surface area contributed by atoms with Crippen molar-refractivity contribution in [2.24, 2.45) is 11.5 Å². The highest BCUT2D eigenvalue weighted by Crippen LogP contribution is 2.03. The third-order valence-electron chi connectivity index (χ3n) is 3.67. The topological polar surface area (TPSA) is 194 Å². The van der Waals surface area contributed by atoms with Crippen molar-refractivity contribution in [1.82, 2.24) is 16.0 Å². The zero-order valence-corrected chi connectivity index (χ0v) is 18.1. The Morgan fingerprint density at radius 2 is 1.48 bits per heavy atom. The van der Waals surface area contributed by atoms with Gasteiger partial charge in [0.1, 0.15) is 12.1 Å². The third-order valence-corrected chi connectivity index (χ3v) is 4.96. The van der Waals surface area contributed by atoms with Gasteiger partial charge in [-0.2, -0.15) is 23.5 Å². The number of hydrogen-bond donors (Lipinski definition) is 6. The van der Waals surface area contributed by atoms with E-state index in [9.17, 15) is 24.0 Å². The summed E-state index contributed by atoms with van der Waals surface area (Å²) in [6.07, 6.45) is 3.80. The van der Waals surface area contributed by atoms with Crippen LogP contribution in [0.5, 0.6) is 0 Å². The minimum Gasteiger partial charge on any atom is -0.480 e. The van der Waals surface area contributed by atoms with E-state index in [4.69, 9.17) is 16.6 Å². The Hall–Kier alpha value is -1.99. The fourth-order valence-electron chi connectivity index (χ4n) is 2.12. The van der Waals surface area contributed by atoms with Crippen molar-refractivity contribution in [3.05, 3.63) is 0 Å². The molecule has 0 bridgehead atoms. The first-order valence-electron chi connectivity index (χ1n) is 8.74. The number of rotatable bonds is 15. The van der Waals surface area contributed by atoms with E-state index in [-0.39, 0.29) is 19.3 Å². The number of primary amides is 1. The largest absolute Gasteiger partial charge is 0.480 e. The number of nitrogens with one attached hydrogen (secondary N) is 3. The summed E-state index contributed by atoms with van der Waals surface area (Å²) in [5.74, 6) is -2.80. The van der Waals surface area contributed by atoms with Crippen molar-refractivity contribution in [3.63, 3.8) is 0 Å². The highest BCUT2D eigenvalue weighted by atomic mass is 32.2. The normalized spacial score (nSPS) is 13.6. The van der Waals surface area contributed by atoms with Gasteiger partial charge in [-0.3, -0.25) is 19.2 Å². The SMILES string of the molecule is CSCCC(NC(=O)CNC(=O)C(CCSC)NC(=O)C(N)CC(N)=O)C(=O)O. The van der Waals surface area contributed by atoms with Crippen LogP contribution in [0.15, 0.2) is 0 Å². The molecule has 0 radical (unpaired) electrons. The van der Waals surface area contributed by atoms with Crippen LogP contribution in [-0.2, 0) is 24.0 Å². The van der Waals surface area contributed by atoms with Gasteiger partial charge in [0.2, 0.25) is 23.6 Å². The Balaban J connectivity index is 4.76. The van der Waals surface area contributed by atoms with Crippen LogP contribution < -0.4 is 27.4 Å². The molecule has 0 aliphatic carbocycles. The summed E-state index contributed by atoms with van der Waals surface area (Å²) in [7, 11) is 0. The monoisotopic (exact) mass is 451 g/mol. The lowest BCUT2D eigenvalue weighted by Crippen LogP contribution is -2.54. The van der Waals surface area contributed by atoms with Gasteiger partial charge in [0, 0.05) is 0 Å². The predicted molar refractivity (Wildman–Crippen MR) is 112 cm³/mol. The molecule has 0 aromatic rings. The van der Waals surface area contributed by atoms with E-state index in [1.807, 2.05) is 12.5 Å². The summed E-state index contributed by atoms with van der Waals surface area (Å²) < 4.78 is 0. The molecule has 0 heterocycles. The molecule has 3 atom stereocenters. The van der Waals surface area contributed by atoms with Crippen LogP contribution >= 0.6 is 23.5 Å². The van der Waals surface area contributed by atoms with Crippen molar-refractivity contribution < 1.29 is 29.1 Å². The molecule has 29 heavy (non-hydrogen) atoms. The highest BCUT2D eigenvalue weighted by Gasteiger charge is 2.25. The Kier molecular flexibility index (Phi) is 13.9. The Morgan fingerprint density at radius 3 is 1.97 bits per heavy atom. The van der Waals surface area contributed by atoms with E-state index in [0.717, 1.165) is 0 Å². The zero-order chi connectivity index (χ0) is 22.4. The standard InChI is InChI=1S/C16H29N5O6S2/c1-28-5-3-10(21-14(24)9(17)7-12(18)22)15(25)19-8-13(23)20-11(16(26)27)4-6-29-2/h9-11H,3-8,17H2,1-2H3,(H2,18,22)(H,19,25)(H,20,23)(H,21,24)(H,26,27). The molecule has 0 aliphatic rings. The van der Waals surface area contributed by atoms with Crippen molar-refractivity contribution in [1.29, 1.82) is 0 Å². The first-order valence-corrected chi connectivity index (χ1v) is 11.5. The summed E-state index contributed by atoms with van der Waals surface area (Å²) in [5.41, 5.74) is 10.6. The van der Waals surface area contributed by atoms with E-state index in [2.05, 4.69) is 16.0 Å². The lowest BCUT2D eigenvalue weighted by Gasteiger charge is -2.20. The molecule has 0 fully saturated rings. The van der Waals surface area contributed by atoms with Crippen LogP contribution in [0, 0.1) is 0 Å². The number of carbonyl (C=O) groups is 5. The van der Waals surface area contributed by atoms with Gasteiger partial charge in [0.05, 0.1) is 19.0 Å². The molecule has 3 unspecified atom stereocenters. The minimum absolute atomic E-state index is 0.250. The fraction of sp³-hybridized carbons (Fsp3) is 0.688. The van der Waals surface area contributed by atoms with Gasteiger partial charge in [-0.05, 0) is 36.9 Å². The van der Waals surface area contributed by atoms with Crippen molar-refractivity contribution in [2.75, 3.05) is 30.6 Å². The summed E-state index contributed by atoms with van der Waals surface area (Å²) in [4.78, 5) is 58.4. The molecule has 0 saturated heterocycles. The molecule has 166 valence electrons. The van der Waals surface area contributed by atoms with Crippen molar-refractivity contribution in [2.45, 2.75) is 37.4 Å². The molecule has 0 aromatic heterocycles. The maximum Gasteiger partial charge on any atom is 0.326 e. The third kappa shape index (κ3) is 12.2. The molecular weight excluding hydrogens is 422 g/mol. The minimum atomic E-state index is -1.19. The average molecular weight is 452 g/mol. The van der Waals surface area contributed by atoms with Crippen molar-refractivity contribution in [3.8, 4) is 0 Å². The molecule has 0 rings (SSSR count). The van der Waals surface area contributed by atoms with E-state index in [0.29, 0.717) is 11.5 Å². The summed E-state index contributed by atoms with van der Waals surface area (Å²) >= 11 is 2.90. The number of aliphatic carboxylic acids is 1. The lowest BCUT2D eigenvalue weighted by molar-refractivity contribution is -0.141. The van der Waals surface area contributed by atoms with Gasteiger partial charge in [-0.1, -0.05) is 0 Å². The Morgan fingerprint density at radius 1 is 0.931 bits per heavy atom. The Bertz CT molecular complexity index is 592. The van der Waals surface area contributed by atoms with E-state index in [1.165, 1.54) is 23.5 Å². The second-order valence-corrected chi connectivity index (χ2v) is 8.05. The maximum absolute atomic E-state index is 12.4. The fourth-order valence-corrected chi connectivity index (χ4v) is 3.06. The van der Waals surface area contributed by atoms with Crippen LogP contribution in [-0.4, -0.2) is 83.4 Å². The van der Waals surface area contributed by atoms with Crippen LogP contribution in [0.3, 0.4) is 0 Å². The molecule has 13 heteroatoms. The molecule has 0 saturated carbocycles. The van der Waals surface area contributed by atoms with Gasteiger partial charge in [-0.25, -0.2) is 4.79 Å². The number of carbonyl (C=O) groups excluding carboxylic acids is 4. The lowest BCUT2D eigenvalue weighted by atomic mass is 10.1. The summed E-state index contributed by atoms with van der Waals surface area (Å²) in [5, 5.41) is 16.3. The Labute approximate surface area is 177 Å². The highest BCUT2D eigenvalue weighted by molar-refractivity contribution is 7.98. The van der Waals surface area contributed by atoms with Gasteiger partial charge in [0.25, 0.3) is 0 Å². The molecular formula is C16H29N5O6S2. The molecule has 0 aromatic carbocycles. The van der Waals surface area contributed by atoms with Crippen LogP contribution in [0.1, 0.15) is 19.3 Å². The summed E-state index contributed by atoms with van der Waals surface area (Å²) in [6, 6.07) is -3.20. The van der Waals surface area contributed by atoms with Gasteiger partial charge >= 0.3 is 5.97 Å². The number of amides is 4. The van der Waals surface area contributed by atoms with Gasteiger partial charge in [-0.15, -0.1) is 0 Å². The number of hydrogen-bond acceptors (Lipinski definition) is 8. The zero-order valence-electron chi connectivity index (χ0n) is 16.4. The number of carboxylic acid groups (broad SMARTS) is 1. The first-order chi connectivity index (χ1) is 13.6. The van der Waals surface area contributed by atoms with Crippen LogP contribution in [0.2, 0.25) is 0 Å². The van der Waals surface area contributed by atoms with Crippen LogP contribution in [0.4, 0.5) is 0 Å².